The van der Waals surface area contributed by atoms with Crippen LogP contribution in [0.2, 0.25) is 4.34 Å². The lowest BCUT2D eigenvalue weighted by molar-refractivity contribution is 0.223. The Hall–Kier alpha value is 0.310. The van der Waals surface area contributed by atoms with Crippen molar-refractivity contribution in [3.8, 4) is 0 Å². The predicted octanol–water partition coefficient (Wildman–Crippen LogP) is 4.99. The molecule has 1 aromatic carbocycles. The molecular weight excluding hydrogens is 441 g/mol. The fourth-order valence-corrected chi connectivity index (χ4v) is 3.89. The number of benzene rings is 1. The summed E-state index contributed by atoms with van der Waals surface area (Å²) in [6.07, 6.45) is -0.781. The van der Waals surface area contributed by atoms with Crippen molar-refractivity contribution in [3.63, 3.8) is 0 Å². The fourth-order valence-electron chi connectivity index (χ4n) is 1.37. The van der Waals surface area contributed by atoms with Gasteiger partial charge in [0.1, 0.15) is 16.3 Å². The van der Waals surface area contributed by atoms with Crippen molar-refractivity contribution in [1.29, 1.82) is 0 Å². The summed E-state index contributed by atoms with van der Waals surface area (Å²) in [4.78, 5) is 0.728. The summed E-state index contributed by atoms with van der Waals surface area (Å²) in [5, 5.41) is 10.2. The van der Waals surface area contributed by atoms with Crippen molar-refractivity contribution in [2.75, 3.05) is 0 Å². The molecule has 0 radical (unpaired) electrons. The second-order valence-corrected chi connectivity index (χ2v) is 7.04. The molecule has 0 fully saturated rings. The van der Waals surface area contributed by atoms with E-state index in [-0.39, 0.29) is 5.82 Å². The van der Waals surface area contributed by atoms with Gasteiger partial charge in [0.05, 0.1) is 0 Å². The Kier molecular flexibility index (Phi) is 4.46. The number of thiophene rings is 1. The Morgan fingerprint density at radius 1 is 1.41 bits per heavy atom. The number of aliphatic hydroxyl groups excluding tert-OH is 1. The zero-order valence-corrected chi connectivity index (χ0v) is 13.6. The van der Waals surface area contributed by atoms with Gasteiger partial charge in [-0.05, 0) is 62.3 Å². The van der Waals surface area contributed by atoms with Gasteiger partial charge >= 0.3 is 0 Å². The Labute approximate surface area is 129 Å². The topological polar surface area (TPSA) is 20.2 Å². The molecule has 0 aliphatic carbocycles. The molecule has 2 rings (SSSR count). The lowest BCUT2D eigenvalue weighted by Crippen LogP contribution is -2.00. The van der Waals surface area contributed by atoms with Crippen molar-refractivity contribution in [3.05, 3.63) is 52.9 Å². The molecule has 1 heterocycles. The number of rotatable bonds is 2. The van der Waals surface area contributed by atoms with E-state index in [4.69, 9.17) is 11.6 Å². The Morgan fingerprint density at radius 3 is 2.65 bits per heavy atom. The molecule has 1 unspecified atom stereocenters. The minimum Gasteiger partial charge on any atom is -0.383 e. The van der Waals surface area contributed by atoms with Crippen LogP contribution in [0.25, 0.3) is 0 Å². The molecule has 17 heavy (non-hydrogen) atoms. The maximum atomic E-state index is 13.0. The molecule has 0 saturated heterocycles. The predicted molar refractivity (Wildman–Crippen MR) is 80.2 cm³/mol. The zero-order valence-electron chi connectivity index (χ0n) is 8.25. The van der Waals surface area contributed by atoms with E-state index in [9.17, 15) is 9.50 Å². The van der Waals surface area contributed by atoms with Gasteiger partial charge in [-0.2, -0.15) is 0 Å². The van der Waals surface area contributed by atoms with E-state index < -0.39 is 6.10 Å². The van der Waals surface area contributed by atoms with Gasteiger partial charge < -0.3 is 5.11 Å². The number of aliphatic hydroxyl groups is 1. The summed E-state index contributed by atoms with van der Waals surface area (Å²) in [5.41, 5.74) is 0.678. The summed E-state index contributed by atoms with van der Waals surface area (Å²) < 4.78 is 15.0. The maximum Gasteiger partial charge on any atom is 0.124 e. The van der Waals surface area contributed by atoms with Crippen LogP contribution in [0.1, 0.15) is 16.5 Å². The second kappa shape index (κ2) is 5.52. The Balaban J connectivity index is 2.39. The average Bonchev–Trinajstić information content (AvgIpc) is 2.58. The quantitative estimate of drug-likeness (QED) is 0.644. The van der Waals surface area contributed by atoms with Crippen LogP contribution < -0.4 is 0 Å². The van der Waals surface area contributed by atoms with Crippen LogP contribution in [0, 0.1) is 9.39 Å². The van der Waals surface area contributed by atoms with E-state index in [1.807, 2.05) is 22.6 Å². The highest BCUT2D eigenvalue weighted by Crippen LogP contribution is 2.38. The van der Waals surface area contributed by atoms with Crippen LogP contribution in [-0.2, 0) is 0 Å². The third kappa shape index (κ3) is 3.01. The number of hydrogen-bond acceptors (Lipinski definition) is 2. The molecule has 1 nitrogen and oxygen atoms in total. The first-order valence-corrected chi connectivity index (χ1v) is 7.63. The molecule has 1 aromatic heterocycles. The second-order valence-electron chi connectivity index (χ2n) is 3.34. The number of hydrogen-bond donors (Lipinski definition) is 1. The average molecular weight is 447 g/mol. The first-order valence-electron chi connectivity index (χ1n) is 4.57. The molecule has 0 aliphatic heterocycles. The van der Waals surface area contributed by atoms with Crippen LogP contribution in [-0.4, -0.2) is 5.11 Å². The summed E-state index contributed by atoms with van der Waals surface area (Å²) >= 11 is 12.5. The largest absolute Gasteiger partial charge is 0.383 e. The minimum atomic E-state index is -0.781. The molecule has 1 atom stereocenters. The number of halogens is 4. The maximum absolute atomic E-state index is 13.0. The van der Waals surface area contributed by atoms with Gasteiger partial charge in [0.2, 0.25) is 0 Å². The van der Waals surface area contributed by atoms with Crippen molar-refractivity contribution in [2.45, 2.75) is 6.10 Å². The monoisotopic (exact) mass is 446 g/mol. The summed E-state index contributed by atoms with van der Waals surface area (Å²) in [5.74, 6) is -0.309. The lowest BCUT2D eigenvalue weighted by Gasteiger charge is -2.10. The van der Waals surface area contributed by atoms with Crippen LogP contribution in [0.4, 0.5) is 4.39 Å². The van der Waals surface area contributed by atoms with E-state index in [2.05, 4.69) is 15.9 Å². The summed E-state index contributed by atoms with van der Waals surface area (Å²) in [6.45, 7) is 0. The van der Waals surface area contributed by atoms with Crippen LogP contribution >= 0.6 is 61.5 Å². The van der Waals surface area contributed by atoms with E-state index in [0.717, 1.165) is 9.35 Å². The van der Waals surface area contributed by atoms with Crippen LogP contribution in [0.5, 0.6) is 0 Å². The lowest BCUT2D eigenvalue weighted by atomic mass is 10.1. The molecule has 90 valence electrons. The molecule has 0 bridgehead atoms. The Morgan fingerprint density at radius 2 is 2.12 bits per heavy atom. The highest BCUT2D eigenvalue weighted by Gasteiger charge is 2.17. The summed E-state index contributed by atoms with van der Waals surface area (Å²) in [7, 11) is 0. The van der Waals surface area contributed by atoms with Gasteiger partial charge in [0, 0.05) is 12.9 Å². The molecule has 1 N–H and O–H groups in total. The van der Waals surface area contributed by atoms with Gasteiger partial charge in [-0.15, -0.1) is 11.3 Å². The van der Waals surface area contributed by atoms with Crippen molar-refractivity contribution < 1.29 is 9.50 Å². The van der Waals surface area contributed by atoms with Gasteiger partial charge in [-0.25, -0.2) is 4.39 Å². The third-order valence-electron chi connectivity index (χ3n) is 2.19. The molecule has 0 aliphatic rings. The fraction of sp³-hybridized carbons (Fsp3) is 0.0909. The molecule has 0 saturated carbocycles. The molecular formula is C11H6BrClFIOS. The third-order valence-corrected chi connectivity index (χ3v) is 5.65. The molecule has 0 spiro atoms. The van der Waals surface area contributed by atoms with Gasteiger partial charge in [0.15, 0.2) is 0 Å². The van der Waals surface area contributed by atoms with Crippen LogP contribution in [0.15, 0.2) is 28.7 Å². The molecule has 2 aromatic rings. The first kappa shape index (κ1) is 13.7. The van der Waals surface area contributed by atoms with Crippen molar-refractivity contribution in [1.82, 2.24) is 0 Å². The van der Waals surface area contributed by atoms with Gasteiger partial charge in [-0.1, -0.05) is 17.7 Å². The van der Waals surface area contributed by atoms with E-state index in [1.165, 1.54) is 23.5 Å². The van der Waals surface area contributed by atoms with Crippen molar-refractivity contribution >= 4 is 61.5 Å². The standard InChI is InChI=1S/C11H6BrClFIOS/c12-7-4-9(17-11(7)13)10(16)6-2-1-5(14)3-8(6)15/h1-4,10,16H. The molecule has 6 heteroatoms. The highest BCUT2D eigenvalue weighted by atomic mass is 127. The van der Waals surface area contributed by atoms with E-state index >= 15 is 0 Å². The van der Waals surface area contributed by atoms with Gasteiger partial charge in [0.25, 0.3) is 0 Å². The van der Waals surface area contributed by atoms with Crippen LogP contribution in [0.3, 0.4) is 0 Å². The van der Waals surface area contributed by atoms with Crippen molar-refractivity contribution in [2.24, 2.45) is 0 Å². The minimum absolute atomic E-state index is 0.309. The SMILES string of the molecule is OC(c1cc(Br)c(Cl)s1)c1ccc(F)cc1I. The van der Waals surface area contributed by atoms with Gasteiger partial charge in [-0.3, -0.25) is 0 Å². The highest BCUT2D eigenvalue weighted by molar-refractivity contribution is 14.1. The van der Waals surface area contributed by atoms with E-state index in [1.54, 1.807) is 12.1 Å². The molecule has 0 amide bonds. The van der Waals surface area contributed by atoms with E-state index in [0.29, 0.717) is 13.5 Å². The first-order chi connectivity index (χ1) is 7.99. The smallest absolute Gasteiger partial charge is 0.124 e. The Bertz CT molecular complexity index is 541. The normalized spacial score (nSPS) is 12.8. The zero-order chi connectivity index (χ0) is 12.6. The summed E-state index contributed by atoms with van der Waals surface area (Å²) in [6, 6.07) is 6.09.